The second-order valence-corrected chi connectivity index (χ2v) is 5.56. The van der Waals surface area contributed by atoms with Gasteiger partial charge in [0.05, 0.1) is 0 Å². The maximum Gasteiger partial charge on any atom is 0.194 e. The molecule has 126 valence electrons. The van der Waals surface area contributed by atoms with Gasteiger partial charge in [-0.1, -0.05) is 32.3 Å². The number of hydrogen-bond donors (Lipinski definition) is 1. The van der Waals surface area contributed by atoms with Gasteiger partial charge < -0.3 is 5.32 Å². The first-order chi connectivity index (χ1) is 10.1. The Kier molecular flexibility index (Phi) is 8.21. The largest absolute Gasteiger partial charge is 0.314 e. The van der Waals surface area contributed by atoms with Crippen molar-refractivity contribution >= 4 is 12.4 Å². The van der Waals surface area contributed by atoms with Crippen molar-refractivity contribution in [1.82, 2.24) is 10.2 Å². The van der Waals surface area contributed by atoms with Crippen LogP contribution in [0.5, 0.6) is 0 Å². The number of benzene rings is 1. The van der Waals surface area contributed by atoms with Crippen LogP contribution in [0.2, 0.25) is 0 Å². The van der Waals surface area contributed by atoms with Gasteiger partial charge in [0.15, 0.2) is 17.5 Å². The zero-order chi connectivity index (χ0) is 15.2. The van der Waals surface area contributed by atoms with E-state index in [2.05, 4.69) is 17.1 Å². The number of rotatable bonds is 6. The number of nitrogens with one attached hydrogen (secondary N) is 1. The van der Waals surface area contributed by atoms with E-state index in [9.17, 15) is 13.2 Å². The molecule has 0 radical (unpaired) electrons. The van der Waals surface area contributed by atoms with Crippen LogP contribution in [0.4, 0.5) is 13.2 Å². The van der Waals surface area contributed by atoms with Crippen LogP contribution in [0.1, 0.15) is 44.2 Å². The molecule has 1 N–H and O–H groups in total. The smallest absolute Gasteiger partial charge is 0.194 e. The Hall–Kier alpha value is -0.780. The first-order valence-corrected chi connectivity index (χ1v) is 7.73. The van der Waals surface area contributed by atoms with Gasteiger partial charge in [0.2, 0.25) is 0 Å². The van der Waals surface area contributed by atoms with Crippen LogP contribution >= 0.6 is 12.4 Å². The predicted octanol–water partition coefficient (Wildman–Crippen LogP) is 4.05. The quantitative estimate of drug-likeness (QED) is 0.622. The number of unbranched alkanes of at least 4 members (excludes halogenated alkanes) is 2. The number of piperazine rings is 1. The highest BCUT2D eigenvalue weighted by molar-refractivity contribution is 5.85. The average molecular weight is 337 g/mol. The van der Waals surface area contributed by atoms with Crippen LogP contribution in [0.25, 0.3) is 0 Å². The molecule has 1 heterocycles. The van der Waals surface area contributed by atoms with E-state index in [1.165, 1.54) is 6.07 Å². The summed E-state index contributed by atoms with van der Waals surface area (Å²) in [4.78, 5) is 2.17. The van der Waals surface area contributed by atoms with Crippen molar-refractivity contribution in [3.8, 4) is 0 Å². The molecule has 0 bridgehead atoms. The summed E-state index contributed by atoms with van der Waals surface area (Å²) in [5, 5.41) is 3.25. The minimum absolute atomic E-state index is 0. The molecule has 0 spiro atoms. The van der Waals surface area contributed by atoms with Gasteiger partial charge in [-0.2, -0.15) is 0 Å². The summed E-state index contributed by atoms with van der Waals surface area (Å²) in [7, 11) is 0. The number of nitrogens with zero attached hydrogens (tertiary/aromatic N) is 1. The van der Waals surface area contributed by atoms with E-state index in [0.29, 0.717) is 0 Å². The maximum absolute atomic E-state index is 14.1. The fraction of sp³-hybridized carbons (Fsp3) is 0.625. The van der Waals surface area contributed by atoms with Gasteiger partial charge in [-0.25, -0.2) is 13.2 Å². The van der Waals surface area contributed by atoms with E-state index in [1.54, 1.807) is 0 Å². The average Bonchev–Trinajstić information content (AvgIpc) is 2.51. The molecule has 0 amide bonds. The minimum atomic E-state index is -1.36. The van der Waals surface area contributed by atoms with Crippen molar-refractivity contribution in [3.05, 3.63) is 35.1 Å². The molecule has 22 heavy (non-hydrogen) atoms. The van der Waals surface area contributed by atoms with E-state index in [-0.39, 0.29) is 24.0 Å². The van der Waals surface area contributed by atoms with Crippen molar-refractivity contribution in [2.24, 2.45) is 0 Å². The Morgan fingerprint density at radius 2 is 1.77 bits per heavy atom. The Morgan fingerprint density at radius 3 is 2.41 bits per heavy atom. The monoisotopic (exact) mass is 336 g/mol. The number of hydrogen-bond acceptors (Lipinski definition) is 2. The third-order valence-electron chi connectivity index (χ3n) is 4.10. The molecule has 0 aliphatic carbocycles. The van der Waals surface area contributed by atoms with E-state index in [1.807, 2.05) is 0 Å². The highest BCUT2D eigenvalue weighted by Crippen LogP contribution is 2.30. The fourth-order valence-electron chi connectivity index (χ4n) is 2.91. The first kappa shape index (κ1) is 19.3. The third kappa shape index (κ3) is 4.61. The SMILES string of the molecule is CCCCC[C@H](c1ccc(F)c(F)c1F)N1CCNCC1.Cl. The number of halogens is 4. The molecule has 1 aromatic rings. The van der Waals surface area contributed by atoms with Crippen LogP contribution in [-0.2, 0) is 0 Å². The summed E-state index contributed by atoms with van der Waals surface area (Å²) in [6.45, 7) is 5.40. The molecule has 1 aliphatic heterocycles. The third-order valence-corrected chi connectivity index (χ3v) is 4.10. The molecular formula is C16H24ClF3N2. The van der Waals surface area contributed by atoms with Gasteiger partial charge in [0.25, 0.3) is 0 Å². The molecule has 1 aliphatic rings. The molecule has 1 aromatic carbocycles. The maximum atomic E-state index is 14.1. The van der Waals surface area contributed by atoms with Gasteiger partial charge in [-0.05, 0) is 12.5 Å². The van der Waals surface area contributed by atoms with Crippen LogP contribution in [-0.4, -0.2) is 31.1 Å². The summed E-state index contributed by atoms with van der Waals surface area (Å²) < 4.78 is 40.8. The van der Waals surface area contributed by atoms with Gasteiger partial charge in [-0.3, -0.25) is 4.90 Å². The molecule has 1 fully saturated rings. The zero-order valence-electron chi connectivity index (χ0n) is 12.9. The molecule has 1 atom stereocenters. The van der Waals surface area contributed by atoms with Crippen molar-refractivity contribution in [3.63, 3.8) is 0 Å². The van der Waals surface area contributed by atoms with E-state index in [4.69, 9.17) is 0 Å². The lowest BCUT2D eigenvalue weighted by molar-refractivity contribution is 0.158. The van der Waals surface area contributed by atoms with Crippen LogP contribution in [0.3, 0.4) is 0 Å². The van der Waals surface area contributed by atoms with E-state index < -0.39 is 17.5 Å². The Morgan fingerprint density at radius 1 is 1.09 bits per heavy atom. The molecule has 0 unspecified atom stereocenters. The van der Waals surface area contributed by atoms with Gasteiger partial charge in [-0.15, -0.1) is 12.4 Å². The summed E-state index contributed by atoms with van der Waals surface area (Å²) >= 11 is 0. The second-order valence-electron chi connectivity index (χ2n) is 5.56. The lowest BCUT2D eigenvalue weighted by Gasteiger charge is -2.35. The van der Waals surface area contributed by atoms with Crippen molar-refractivity contribution < 1.29 is 13.2 Å². The predicted molar refractivity (Wildman–Crippen MR) is 84.9 cm³/mol. The second kappa shape index (κ2) is 9.38. The molecule has 2 rings (SSSR count). The zero-order valence-corrected chi connectivity index (χ0v) is 13.7. The van der Waals surface area contributed by atoms with Crippen molar-refractivity contribution in [2.75, 3.05) is 26.2 Å². The summed E-state index contributed by atoms with van der Waals surface area (Å²) in [6, 6.07) is 2.25. The van der Waals surface area contributed by atoms with Gasteiger partial charge >= 0.3 is 0 Å². The molecule has 0 saturated carbocycles. The lowest BCUT2D eigenvalue weighted by atomic mass is 9.97. The highest BCUT2D eigenvalue weighted by Gasteiger charge is 2.26. The standard InChI is InChI=1S/C16H23F3N2.ClH/c1-2-3-4-5-14(21-10-8-20-9-11-21)12-6-7-13(17)16(19)15(12)18;/h6-7,14,20H,2-5,8-11H2,1H3;1H/t14-;/m1./s1. The van der Waals surface area contributed by atoms with Crippen molar-refractivity contribution in [2.45, 2.75) is 38.6 Å². The Balaban J connectivity index is 0.00000242. The summed E-state index contributed by atoms with van der Waals surface area (Å²) in [5.41, 5.74) is 0.284. The van der Waals surface area contributed by atoms with Crippen LogP contribution < -0.4 is 5.32 Å². The molecule has 6 heteroatoms. The molecule has 2 nitrogen and oxygen atoms in total. The van der Waals surface area contributed by atoms with Gasteiger partial charge in [0.1, 0.15) is 0 Å². The van der Waals surface area contributed by atoms with Crippen LogP contribution in [0, 0.1) is 17.5 Å². The summed E-state index contributed by atoms with van der Waals surface area (Å²) in [5.74, 6) is -3.51. The molecule has 1 saturated heterocycles. The van der Waals surface area contributed by atoms with E-state index in [0.717, 1.165) is 57.9 Å². The lowest BCUT2D eigenvalue weighted by Crippen LogP contribution is -2.45. The fourth-order valence-corrected chi connectivity index (χ4v) is 2.91. The van der Waals surface area contributed by atoms with Gasteiger partial charge in [0, 0.05) is 37.8 Å². The Labute approximate surface area is 136 Å². The minimum Gasteiger partial charge on any atom is -0.314 e. The first-order valence-electron chi connectivity index (χ1n) is 7.73. The van der Waals surface area contributed by atoms with Crippen LogP contribution in [0.15, 0.2) is 12.1 Å². The molecule has 0 aromatic heterocycles. The van der Waals surface area contributed by atoms with E-state index >= 15 is 0 Å². The Bertz CT molecular complexity index is 465. The topological polar surface area (TPSA) is 15.3 Å². The van der Waals surface area contributed by atoms with Crippen molar-refractivity contribution in [1.29, 1.82) is 0 Å². The highest BCUT2D eigenvalue weighted by atomic mass is 35.5. The normalized spacial score (nSPS) is 17.1. The molecular weight excluding hydrogens is 313 g/mol. The summed E-state index contributed by atoms with van der Waals surface area (Å²) in [6.07, 6.45) is 3.88.